The number of hydrogen-bond donors (Lipinski definition) is 0. The SMILES string of the molecule is CCCCCC/C=C\CC(F)(F)F. The molecule has 0 aliphatic rings. The monoisotopic (exact) mass is 194 g/mol. The van der Waals surface area contributed by atoms with Gasteiger partial charge in [0.05, 0.1) is 6.42 Å². The number of unbranched alkanes of at least 4 members (excludes halogenated alkanes) is 4. The summed E-state index contributed by atoms with van der Waals surface area (Å²) in [6.45, 7) is 2.11. The zero-order valence-corrected chi connectivity index (χ0v) is 8.03. The molecule has 0 aliphatic heterocycles. The van der Waals surface area contributed by atoms with Gasteiger partial charge in [0.15, 0.2) is 0 Å². The molecule has 0 heterocycles. The molecule has 0 nitrogen and oxygen atoms in total. The molecule has 0 unspecified atom stereocenters. The third kappa shape index (κ3) is 11.5. The Morgan fingerprint density at radius 3 is 2.23 bits per heavy atom. The topological polar surface area (TPSA) is 0 Å². The molecule has 0 aromatic heterocycles. The first-order chi connectivity index (χ1) is 6.06. The maximum Gasteiger partial charge on any atom is 0.392 e. The minimum atomic E-state index is -4.04. The summed E-state index contributed by atoms with van der Waals surface area (Å²) < 4.78 is 34.9. The fourth-order valence-corrected chi connectivity index (χ4v) is 1.02. The van der Waals surface area contributed by atoms with Gasteiger partial charge in [0.1, 0.15) is 0 Å². The first-order valence-corrected chi connectivity index (χ1v) is 4.78. The standard InChI is InChI=1S/C10H17F3/c1-2-3-4-5-6-7-8-9-10(11,12)13/h7-8H,2-6,9H2,1H3/b8-7-. The fraction of sp³-hybridized carbons (Fsp3) is 0.800. The lowest BCUT2D eigenvalue weighted by Crippen LogP contribution is -2.03. The minimum Gasteiger partial charge on any atom is -0.171 e. The second-order valence-corrected chi connectivity index (χ2v) is 3.14. The molecule has 0 saturated carbocycles. The maximum absolute atomic E-state index is 11.6. The Hall–Kier alpha value is -0.470. The van der Waals surface area contributed by atoms with Crippen LogP contribution in [0.25, 0.3) is 0 Å². The van der Waals surface area contributed by atoms with Gasteiger partial charge in [-0.1, -0.05) is 38.3 Å². The van der Waals surface area contributed by atoms with Gasteiger partial charge in [-0.2, -0.15) is 13.2 Å². The van der Waals surface area contributed by atoms with Crippen molar-refractivity contribution in [2.24, 2.45) is 0 Å². The van der Waals surface area contributed by atoms with Crippen LogP contribution in [0.1, 0.15) is 45.4 Å². The maximum atomic E-state index is 11.6. The molecule has 0 aromatic carbocycles. The summed E-state index contributed by atoms with van der Waals surface area (Å²) in [7, 11) is 0. The Labute approximate surface area is 77.8 Å². The van der Waals surface area contributed by atoms with Gasteiger partial charge in [-0.05, 0) is 12.8 Å². The predicted molar refractivity (Wildman–Crippen MR) is 48.6 cm³/mol. The predicted octanol–water partition coefficient (Wildman–Crippen LogP) is 4.47. The molecule has 3 heteroatoms. The largest absolute Gasteiger partial charge is 0.392 e. The Kier molecular flexibility index (Phi) is 6.73. The van der Waals surface area contributed by atoms with Crippen molar-refractivity contribution in [3.63, 3.8) is 0 Å². The molecule has 0 amide bonds. The quantitative estimate of drug-likeness (QED) is 0.432. The van der Waals surface area contributed by atoms with Crippen LogP contribution in [-0.4, -0.2) is 6.18 Å². The van der Waals surface area contributed by atoms with Crippen LogP contribution in [0.15, 0.2) is 12.2 Å². The van der Waals surface area contributed by atoms with Crippen LogP contribution in [0.4, 0.5) is 13.2 Å². The zero-order valence-electron chi connectivity index (χ0n) is 8.03. The molecule has 0 fully saturated rings. The number of allylic oxidation sites excluding steroid dienone is 2. The molecule has 0 atom stereocenters. The summed E-state index contributed by atoms with van der Waals surface area (Å²) in [4.78, 5) is 0. The van der Waals surface area contributed by atoms with Crippen LogP contribution in [0.5, 0.6) is 0 Å². The Morgan fingerprint density at radius 2 is 1.69 bits per heavy atom. The lowest BCUT2D eigenvalue weighted by molar-refractivity contribution is -0.125. The van der Waals surface area contributed by atoms with E-state index in [1.165, 1.54) is 12.5 Å². The molecule has 0 spiro atoms. The van der Waals surface area contributed by atoms with Crippen LogP contribution >= 0.6 is 0 Å². The molecule has 13 heavy (non-hydrogen) atoms. The lowest BCUT2D eigenvalue weighted by atomic mass is 10.1. The van der Waals surface area contributed by atoms with Crippen molar-refractivity contribution < 1.29 is 13.2 Å². The van der Waals surface area contributed by atoms with E-state index in [9.17, 15) is 13.2 Å². The van der Waals surface area contributed by atoms with Crippen LogP contribution in [-0.2, 0) is 0 Å². The molecule has 0 aliphatic carbocycles. The van der Waals surface area contributed by atoms with E-state index in [1.807, 2.05) is 0 Å². The van der Waals surface area contributed by atoms with E-state index >= 15 is 0 Å². The number of rotatable bonds is 6. The molecule has 78 valence electrons. The average molecular weight is 194 g/mol. The molecule has 0 rings (SSSR count). The van der Waals surface area contributed by atoms with Gasteiger partial charge in [0.2, 0.25) is 0 Å². The van der Waals surface area contributed by atoms with Gasteiger partial charge < -0.3 is 0 Å². The number of hydrogen-bond acceptors (Lipinski definition) is 0. The summed E-state index contributed by atoms with van der Waals surface area (Å²) in [5.74, 6) is 0. The van der Waals surface area contributed by atoms with Gasteiger partial charge in [-0.15, -0.1) is 0 Å². The summed E-state index contributed by atoms with van der Waals surface area (Å²) in [6.07, 6.45) is 3.24. The second-order valence-electron chi connectivity index (χ2n) is 3.14. The van der Waals surface area contributed by atoms with Crippen molar-refractivity contribution in [3.05, 3.63) is 12.2 Å². The smallest absolute Gasteiger partial charge is 0.171 e. The van der Waals surface area contributed by atoms with Crippen molar-refractivity contribution >= 4 is 0 Å². The van der Waals surface area contributed by atoms with Crippen molar-refractivity contribution in [2.45, 2.75) is 51.6 Å². The average Bonchev–Trinajstić information content (AvgIpc) is 2.01. The van der Waals surface area contributed by atoms with Crippen LogP contribution < -0.4 is 0 Å². The van der Waals surface area contributed by atoms with Crippen molar-refractivity contribution in [2.75, 3.05) is 0 Å². The van der Waals surface area contributed by atoms with Gasteiger partial charge in [0, 0.05) is 0 Å². The summed E-state index contributed by atoms with van der Waals surface area (Å²) in [5.41, 5.74) is 0. The van der Waals surface area contributed by atoms with E-state index in [-0.39, 0.29) is 0 Å². The van der Waals surface area contributed by atoms with Gasteiger partial charge >= 0.3 is 6.18 Å². The van der Waals surface area contributed by atoms with Crippen LogP contribution in [0.2, 0.25) is 0 Å². The number of alkyl halides is 3. The third-order valence-corrected chi connectivity index (χ3v) is 1.74. The second kappa shape index (κ2) is 6.98. The van der Waals surface area contributed by atoms with Gasteiger partial charge in [-0.25, -0.2) is 0 Å². The fourth-order valence-electron chi connectivity index (χ4n) is 1.02. The van der Waals surface area contributed by atoms with Gasteiger partial charge in [0.25, 0.3) is 0 Å². The van der Waals surface area contributed by atoms with Crippen molar-refractivity contribution in [3.8, 4) is 0 Å². The summed E-state index contributed by atoms with van der Waals surface area (Å²) in [6, 6.07) is 0. The van der Waals surface area contributed by atoms with E-state index in [2.05, 4.69) is 6.92 Å². The first-order valence-electron chi connectivity index (χ1n) is 4.78. The molecule has 0 N–H and O–H groups in total. The van der Waals surface area contributed by atoms with E-state index in [0.29, 0.717) is 0 Å². The highest BCUT2D eigenvalue weighted by molar-refractivity contribution is 4.83. The molecule has 0 bridgehead atoms. The number of halogens is 3. The summed E-state index contributed by atoms with van der Waals surface area (Å²) >= 11 is 0. The van der Waals surface area contributed by atoms with E-state index in [0.717, 1.165) is 25.7 Å². The highest BCUT2D eigenvalue weighted by atomic mass is 19.4. The van der Waals surface area contributed by atoms with Crippen LogP contribution in [0.3, 0.4) is 0 Å². The van der Waals surface area contributed by atoms with Crippen molar-refractivity contribution in [1.29, 1.82) is 0 Å². The molecular weight excluding hydrogens is 177 g/mol. The third-order valence-electron chi connectivity index (χ3n) is 1.74. The normalized spacial score (nSPS) is 12.6. The van der Waals surface area contributed by atoms with E-state index in [4.69, 9.17) is 0 Å². The minimum absolute atomic E-state index is 0.774. The molecule has 0 radical (unpaired) electrons. The Bertz CT molecular complexity index is 136. The van der Waals surface area contributed by atoms with Gasteiger partial charge in [-0.3, -0.25) is 0 Å². The van der Waals surface area contributed by atoms with Crippen molar-refractivity contribution in [1.82, 2.24) is 0 Å². The Morgan fingerprint density at radius 1 is 1.00 bits per heavy atom. The molecular formula is C10H17F3. The van der Waals surface area contributed by atoms with E-state index < -0.39 is 12.6 Å². The highest BCUT2D eigenvalue weighted by Gasteiger charge is 2.24. The Balaban J connectivity index is 3.22. The first kappa shape index (κ1) is 12.5. The summed E-state index contributed by atoms with van der Waals surface area (Å²) in [5, 5.41) is 0. The lowest BCUT2D eigenvalue weighted by Gasteiger charge is -2.00. The molecule has 0 saturated heterocycles. The zero-order chi connectivity index (χ0) is 10.2. The molecule has 0 aromatic rings. The highest BCUT2D eigenvalue weighted by Crippen LogP contribution is 2.19. The van der Waals surface area contributed by atoms with Crippen LogP contribution in [0, 0.1) is 0 Å². The van der Waals surface area contributed by atoms with E-state index in [1.54, 1.807) is 6.08 Å².